The molecule has 0 bridgehead atoms. The Hall–Kier alpha value is -2.16. The summed E-state index contributed by atoms with van der Waals surface area (Å²) in [5, 5.41) is 1.12. The summed E-state index contributed by atoms with van der Waals surface area (Å²) in [5.41, 5.74) is 3.17. The number of hydrogen-bond donors (Lipinski definition) is 0. The van der Waals surface area contributed by atoms with E-state index in [1.165, 1.54) is 0 Å². The summed E-state index contributed by atoms with van der Waals surface area (Å²) in [5.74, 6) is 0.222. The first kappa shape index (κ1) is 11.0. The van der Waals surface area contributed by atoms with E-state index in [-0.39, 0.29) is 5.78 Å². The van der Waals surface area contributed by atoms with E-state index < -0.39 is 0 Å². The van der Waals surface area contributed by atoms with E-state index in [0.717, 1.165) is 28.7 Å². The monoisotopic (exact) mass is 238 g/mol. The Morgan fingerprint density at radius 3 is 2.89 bits per heavy atom. The van der Waals surface area contributed by atoms with Gasteiger partial charge in [-0.1, -0.05) is 6.07 Å². The Labute approximate surface area is 106 Å². The van der Waals surface area contributed by atoms with Gasteiger partial charge in [0.05, 0.1) is 5.52 Å². The van der Waals surface area contributed by atoms with E-state index in [2.05, 4.69) is 16.0 Å². The second kappa shape index (κ2) is 4.26. The Morgan fingerprint density at radius 1 is 1.22 bits per heavy atom. The van der Waals surface area contributed by atoms with Gasteiger partial charge >= 0.3 is 0 Å². The average molecular weight is 238 g/mol. The molecule has 0 N–H and O–H groups in total. The van der Waals surface area contributed by atoms with Crippen LogP contribution in [-0.2, 0) is 4.79 Å². The number of aromatic nitrogens is 1. The molecule has 0 fully saturated rings. The van der Waals surface area contributed by atoms with Gasteiger partial charge in [-0.2, -0.15) is 0 Å². The third-order valence-corrected chi connectivity index (χ3v) is 3.36. The predicted octanol–water partition coefficient (Wildman–Crippen LogP) is 2.92. The number of pyridine rings is 1. The molecule has 3 rings (SSSR count). The summed E-state index contributed by atoms with van der Waals surface area (Å²) in [6.07, 6.45) is 5.01. The maximum atomic E-state index is 11.3. The first-order valence-corrected chi connectivity index (χ1v) is 6.06. The number of nitrogens with zero attached hydrogens (tertiary/aromatic N) is 2. The maximum absolute atomic E-state index is 11.3. The van der Waals surface area contributed by atoms with E-state index in [9.17, 15) is 4.79 Å². The highest BCUT2D eigenvalue weighted by atomic mass is 16.1. The molecule has 1 aromatic carbocycles. The highest BCUT2D eigenvalue weighted by Gasteiger charge is 2.16. The van der Waals surface area contributed by atoms with Crippen molar-refractivity contribution in [3.05, 3.63) is 48.3 Å². The third-order valence-electron chi connectivity index (χ3n) is 3.36. The highest BCUT2D eigenvalue weighted by molar-refractivity contribution is 5.94. The van der Waals surface area contributed by atoms with Crippen LogP contribution in [0.1, 0.15) is 12.8 Å². The lowest BCUT2D eigenvalue weighted by Crippen LogP contribution is -2.14. The number of fused-ring (bicyclic) bond motifs is 1. The number of carbonyl (C=O) groups excluding carboxylic acids is 1. The van der Waals surface area contributed by atoms with Gasteiger partial charge in [-0.3, -0.25) is 9.78 Å². The molecule has 1 heterocycles. The summed E-state index contributed by atoms with van der Waals surface area (Å²) in [6.45, 7) is 0. The molecule has 0 amide bonds. The zero-order valence-electron chi connectivity index (χ0n) is 10.3. The van der Waals surface area contributed by atoms with Crippen LogP contribution in [0.5, 0.6) is 0 Å². The minimum Gasteiger partial charge on any atom is -0.348 e. The lowest BCUT2D eigenvalue weighted by Gasteiger charge is -2.20. The Morgan fingerprint density at radius 2 is 2.11 bits per heavy atom. The molecule has 0 aliphatic heterocycles. The van der Waals surface area contributed by atoms with Gasteiger partial charge in [0.2, 0.25) is 0 Å². The molecule has 0 atom stereocenters. The molecule has 0 unspecified atom stereocenters. The summed E-state index contributed by atoms with van der Waals surface area (Å²) < 4.78 is 0. The lowest BCUT2D eigenvalue weighted by molar-refractivity contribution is -0.114. The molecule has 1 aliphatic rings. The minimum absolute atomic E-state index is 0.222. The van der Waals surface area contributed by atoms with E-state index in [1.807, 2.05) is 31.3 Å². The van der Waals surface area contributed by atoms with E-state index >= 15 is 0 Å². The SMILES string of the molecule is CN(C1=CC(=O)CC1)c1ccc2ncccc2c1. The standard InChI is InChI=1S/C15H14N2O/c1-17(13-4-6-14(18)10-13)12-5-7-15-11(9-12)3-2-8-16-15/h2-3,5,7-10H,4,6H2,1H3. The van der Waals surface area contributed by atoms with Gasteiger partial charge in [0.1, 0.15) is 0 Å². The second-order valence-corrected chi connectivity index (χ2v) is 4.54. The first-order valence-electron chi connectivity index (χ1n) is 6.06. The second-order valence-electron chi connectivity index (χ2n) is 4.54. The van der Waals surface area contributed by atoms with Gasteiger partial charge in [-0.25, -0.2) is 0 Å². The topological polar surface area (TPSA) is 33.2 Å². The molecular weight excluding hydrogens is 224 g/mol. The number of rotatable bonds is 2. The Bertz CT molecular complexity index is 646. The van der Waals surface area contributed by atoms with Crippen molar-refractivity contribution >= 4 is 22.4 Å². The van der Waals surface area contributed by atoms with Crippen molar-refractivity contribution in [1.29, 1.82) is 0 Å². The quantitative estimate of drug-likeness (QED) is 0.806. The molecule has 0 saturated heterocycles. The van der Waals surface area contributed by atoms with E-state index in [0.29, 0.717) is 6.42 Å². The lowest BCUT2D eigenvalue weighted by atomic mass is 10.2. The largest absolute Gasteiger partial charge is 0.348 e. The molecule has 18 heavy (non-hydrogen) atoms. The fourth-order valence-corrected chi connectivity index (χ4v) is 2.28. The molecule has 0 radical (unpaired) electrons. The fourth-order valence-electron chi connectivity index (χ4n) is 2.28. The number of hydrogen-bond acceptors (Lipinski definition) is 3. The summed E-state index contributed by atoms with van der Waals surface area (Å²) in [4.78, 5) is 17.7. The maximum Gasteiger partial charge on any atom is 0.157 e. The predicted molar refractivity (Wildman–Crippen MR) is 72.5 cm³/mol. The summed E-state index contributed by atoms with van der Waals surface area (Å²) >= 11 is 0. The number of benzene rings is 1. The van der Waals surface area contributed by atoms with Gasteiger partial charge in [0.15, 0.2) is 5.78 Å². The van der Waals surface area contributed by atoms with Gasteiger partial charge < -0.3 is 4.90 Å². The van der Waals surface area contributed by atoms with Crippen molar-refractivity contribution < 1.29 is 4.79 Å². The van der Waals surface area contributed by atoms with E-state index in [4.69, 9.17) is 0 Å². The van der Waals surface area contributed by atoms with Crippen LogP contribution in [0.3, 0.4) is 0 Å². The molecule has 1 aromatic heterocycles. The van der Waals surface area contributed by atoms with Gasteiger partial charge in [-0.05, 0) is 30.7 Å². The molecule has 90 valence electrons. The Balaban J connectivity index is 1.99. The first-order chi connectivity index (χ1) is 8.74. The molecule has 0 saturated carbocycles. The molecule has 3 nitrogen and oxygen atoms in total. The van der Waals surface area contributed by atoms with Crippen LogP contribution in [0.4, 0.5) is 5.69 Å². The third kappa shape index (κ3) is 1.88. The van der Waals surface area contributed by atoms with Crippen molar-refractivity contribution in [2.45, 2.75) is 12.8 Å². The van der Waals surface area contributed by atoms with Crippen molar-refractivity contribution in [2.24, 2.45) is 0 Å². The zero-order valence-corrected chi connectivity index (χ0v) is 10.3. The molecule has 0 spiro atoms. The van der Waals surface area contributed by atoms with Crippen molar-refractivity contribution in [3.63, 3.8) is 0 Å². The smallest absolute Gasteiger partial charge is 0.157 e. The van der Waals surface area contributed by atoms with Crippen LogP contribution in [-0.4, -0.2) is 17.8 Å². The van der Waals surface area contributed by atoms with Crippen LogP contribution in [0, 0.1) is 0 Å². The molecule has 2 aromatic rings. The molecule has 1 aliphatic carbocycles. The van der Waals surface area contributed by atoms with Crippen LogP contribution in [0.2, 0.25) is 0 Å². The van der Waals surface area contributed by atoms with Crippen molar-refractivity contribution in [2.75, 3.05) is 11.9 Å². The Kier molecular flexibility index (Phi) is 2.59. The van der Waals surface area contributed by atoms with Crippen molar-refractivity contribution in [3.8, 4) is 0 Å². The van der Waals surface area contributed by atoms with Gasteiger partial charge in [0.25, 0.3) is 0 Å². The van der Waals surface area contributed by atoms with Crippen LogP contribution in [0.15, 0.2) is 48.3 Å². The number of anilines is 1. The average Bonchev–Trinajstić information content (AvgIpc) is 2.84. The normalized spacial score (nSPS) is 14.9. The van der Waals surface area contributed by atoms with Crippen LogP contribution < -0.4 is 4.90 Å². The summed E-state index contributed by atoms with van der Waals surface area (Å²) in [6, 6.07) is 10.1. The van der Waals surface area contributed by atoms with E-state index in [1.54, 1.807) is 12.3 Å². The van der Waals surface area contributed by atoms with Crippen LogP contribution in [0.25, 0.3) is 10.9 Å². The number of ketones is 1. The van der Waals surface area contributed by atoms with Gasteiger partial charge in [-0.15, -0.1) is 0 Å². The fraction of sp³-hybridized carbons (Fsp3) is 0.200. The number of allylic oxidation sites excluding steroid dienone is 2. The minimum atomic E-state index is 0.222. The van der Waals surface area contributed by atoms with Gasteiger partial charge in [0, 0.05) is 42.5 Å². The van der Waals surface area contributed by atoms with Crippen molar-refractivity contribution in [1.82, 2.24) is 4.98 Å². The summed E-state index contributed by atoms with van der Waals surface area (Å²) in [7, 11) is 2.00. The molecule has 3 heteroatoms. The van der Waals surface area contributed by atoms with Crippen LogP contribution >= 0.6 is 0 Å². The molecular formula is C15H14N2O. The highest BCUT2D eigenvalue weighted by Crippen LogP contribution is 2.26. The zero-order chi connectivity index (χ0) is 12.5. The number of carbonyl (C=O) groups is 1.